The van der Waals surface area contributed by atoms with E-state index >= 15 is 0 Å². The molecule has 0 aliphatic rings. The maximum absolute atomic E-state index is 4.51. The van der Waals surface area contributed by atoms with Crippen LogP contribution in [0, 0.1) is 0 Å². The first-order valence-electron chi connectivity index (χ1n) is 7.19. The minimum absolute atomic E-state index is 0.181. The highest BCUT2D eigenvalue weighted by atomic mass is 32.2. The third kappa shape index (κ3) is 7.33. The second kappa shape index (κ2) is 8.98. The molecule has 2 nitrogen and oxygen atoms in total. The molecule has 4 heteroatoms. The van der Waals surface area contributed by atoms with Crippen LogP contribution >= 0.6 is 23.1 Å². The first-order chi connectivity index (χ1) is 9.04. The van der Waals surface area contributed by atoms with E-state index in [1.54, 1.807) is 0 Å². The number of nitrogens with zero attached hydrogens (tertiary/aromatic N) is 1. The molecule has 1 N–H and O–H groups in total. The lowest BCUT2D eigenvalue weighted by molar-refractivity contribution is 0.585. The Labute approximate surface area is 126 Å². The van der Waals surface area contributed by atoms with Gasteiger partial charge in [-0.2, -0.15) is 11.8 Å². The Morgan fingerprint density at radius 2 is 1.95 bits per heavy atom. The lowest BCUT2D eigenvalue weighted by Crippen LogP contribution is -2.13. The van der Waals surface area contributed by atoms with Crippen LogP contribution in [-0.2, 0) is 12.0 Å². The quantitative estimate of drug-likeness (QED) is 0.682. The third-order valence-electron chi connectivity index (χ3n) is 2.95. The van der Waals surface area contributed by atoms with Gasteiger partial charge >= 0.3 is 0 Å². The summed E-state index contributed by atoms with van der Waals surface area (Å²) in [6, 6.07) is 0. The highest BCUT2D eigenvalue weighted by molar-refractivity contribution is 7.98. The van der Waals surface area contributed by atoms with Gasteiger partial charge in [0, 0.05) is 23.0 Å². The fourth-order valence-corrected chi connectivity index (χ4v) is 3.23. The molecule has 0 aromatic carbocycles. The van der Waals surface area contributed by atoms with Crippen molar-refractivity contribution >= 4 is 23.1 Å². The van der Waals surface area contributed by atoms with E-state index < -0.39 is 0 Å². The van der Waals surface area contributed by atoms with Gasteiger partial charge in [-0.3, -0.25) is 0 Å². The molecule has 19 heavy (non-hydrogen) atoms. The molecule has 0 spiro atoms. The SMILES string of the molecule is CSCCCCCCNCc1cnc(C(C)(C)C)s1. The smallest absolute Gasteiger partial charge is 0.0981 e. The van der Waals surface area contributed by atoms with Crippen LogP contribution in [0.1, 0.15) is 56.3 Å². The second-order valence-electron chi connectivity index (χ2n) is 5.97. The standard InChI is InChI=1S/C15H28N2S2/c1-15(2,3)14-17-12-13(19-14)11-16-9-7-5-6-8-10-18-4/h12,16H,5-11H2,1-4H3. The molecular formula is C15H28N2S2. The second-order valence-corrected chi connectivity index (χ2v) is 8.07. The molecule has 0 saturated carbocycles. The molecule has 1 heterocycles. The number of aromatic nitrogens is 1. The number of rotatable bonds is 9. The summed E-state index contributed by atoms with van der Waals surface area (Å²) in [6.07, 6.45) is 9.59. The summed E-state index contributed by atoms with van der Waals surface area (Å²) in [5, 5.41) is 4.76. The molecule has 110 valence electrons. The highest BCUT2D eigenvalue weighted by Gasteiger charge is 2.17. The predicted octanol–water partition coefficient (Wildman–Crippen LogP) is 4.45. The summed E-state index contributed by atoms with van der Waals surface area (Å²) < 4.78 is 0. The van der Waals surface area contributed by atoms with Gasteiger partial charge in [0.15, 0.2) is 0 Å². The van der Waals surface area contributed by atoms with Gasteiger partial charge in [0.25, 0.3) is 0 Å². The topological polar surface area (TPSA) is 24.9 Å². The summed E-state index contributed by atoms with van der Waals surface area (Å²) in [5.74, 6) is 1.31. The van der Waals surface area contributed by atoms with Crippen LogP contribution in [0.25, 0.3) is 0 Å². The lowest BCUT2D eigenvalue weighted by atomic mass is 9.98. The van der Waals surface area contributed by atoms with Gasteiger partial charge in [0.05, 0.1) is 5.01 Å². The Morgan fingerprint density at radius 1 is 1.21 bits per heavy atom. The number of thiazole rings is 1. The van der Waals surface area contributed by atoms with E-state index in [4.69, 9.17) is 0 Å². The number of nitrogens with one attached hydrogen (secondary N) is 1. The number of hydrogen-bond donors (Lipinski definition) is 1. The molecule has 0 fully saturated rings. The largest absolute Gasteiger partial charge is 0.312 e. The molecule has 0 atom stereocenters. The van der Waals surface area contributed by atoms with Crippen LogP contribution in [0.15, 0.2) is 6.20 Å². The zero-order chi connectivity index (χ0) is 14.1. The summed E-state index contributed by atoms with van der Waals surface area (Å²) in [4.78, 5) is 5.87. The number of thioether (sulfide) groups is 1. The average Bonchev–Trinajstić information content (AvgIpc) is 2.81. The zero-order valence-corrected chi connectivity index (χ0v) is 14.4. The summed E-state index contributed by atoms with van der Waals surface area (Å²) in [6.45, 7) is 8.76. The van der Waals surface area contributed by atoms with Gasteiger partial charge in [0.2, 0.25) is 0 Å². The highest BCUT2D eigenvalue weighted by Crippen LogP contribution is 2.26. The van der Waals surface area contributed by atoms with Gasteiger partial charge in [-0.05, 0) is 31.4 Å². The Kier molecular flexibility index (Phi) is 8.03. The third-order valence-corrected chi connectivity index (χ3v) is 5.07. The van der Waals surface area contributed by atoms with Gasteiger partial charge in [-0.15, -0.1) is 11.3 Å². The molecule has 0 bridgehead atoms. The number of hydrogen-bond acceptors (Lipinski definition) is 4. The molecule has 1 aromatic rings. The average molecular weight is 301 g/mol. The Balaban J connectivity index is 2.08. The molecule has 0 aliphatic carbocycles. The van der Waals surface area contributed by atoms with E-state index in [0.29, 0.717) is 0 Å². The van der Waals surface area contributed by atoms with Crippen LogP contribution < -0.4 is 5.32 Å². The minimum Gasteiger partial charge on any atom is -0.312 e. The first-order valence-corrected chi connectivity index (χ1v) is 9.40. The molecule has 1 rings (SSSR count). The van der Waals surface area contributed by atoms with Crippen molar-refractivity contribution in [1.82, 2.24) is 10.3 Å². The minimum atomic E-state index is 0.181. The predicted molar refractivity (Wildman–Crippen MR) is 89.4 cm³/mol. The summed E-state index contributed by atoms with van der Waals surface area (Å²) in [5.41, 5.74) is 0.181. The van der Waals surface area contributed by atoms with Crippen molar-refractivity contribution in [3.63, 3.8) is 0 Å². The van der Waals surface area contributed by atoms with E-state index in [-0.39, 0.29) is 5.41 Å². The van der Waals surface area contributed by atoms with Gasteiger partial charge in [-0.25, -0.2) is 4.98 Å². The van der Waals surface area contributed by atoms with Crippen molar-refractivity contribution in [3.05, 3.63) is 16.1 Å². The maximum atomic E-state index is 4.51. The van der Waals surface area contributed by atoms with Crippen molar-refractivity contribution < 1.29 is 0 Å². The first kappa shape index (κ1) is 17.0. The molecule has 0 amide bonds. The summed E-state index contributed by atoms with van der Waals surface area (Å²) >= 11 is 3.79. The van der Waals surface area contributed by atoms with Crippen molar-refractivity contribution in [2.45, 2.75) is 58.4 Å². The molecular weight excluding hydrogens is 272 g/mol. The maximum Gasteiger partial charge on any atom is 0.0981 e. The Morgan fingerprint density at radius 3 is 2.58 bits per heavy atom. The van der Waals surface area contributed by atoms with Crippen molar-refractivity contribution in [2.75, 3.05) is 18.6 Å². The molecule has 0 aliphatic heterocycles. The van der Waals surface area contributed by atoms with Crippen LogP contribution in [0.2, 0.25) is 0 Å². The number of unbranched alkanes of at least 4 members (excludes halogenated alkanes) is 3. The van der Waals surface area contributed by atoms with Gasteiger partial charge in [-0.1, -0.05) is 33.6 Å². The van der Waals surface area contributed by atoms with Crippen molar-refractivity contribution in [2.24, 2.45) is 0 Å². The van der Waals surface area contributed by atoms with E-state index in [0.717, 1.165) is 13.1 Å². The summed E-state index contributed by atoms with van der Waals surface area (Å²) in [7, 11) is 0. The fraction of sp³-hybridized carbons (Fsp3) is 0.800. The van der Waals surface area contributed by atoms with Crippen LogP contribution in [-0.4, -0.2) is 23.5 Å². The molecule has 0 saturated heterocycles. The lowest BCUT2D eigenvalue weighted by Gasteiger charge is -2.13. The van der Waals surface area contributed by atoms with Crippen molar-refractivity contribution in [1.29, 1.82) is 0 Å². The molecule has 0 unspecified atom stereocenters. The zero-order valence-electron chi connectivity index (χ0n) is 12.8. The van der Waals surface area contributed by atoms with Crippen LogP contribution in [0.3, 0.4) is 0 Å². The normalized spacial score (nSPS) is 12.0. The molecule has 1 aromatic heterocycles. The Hall–Kier alpha value is -0.0600. The van der Waals surface area contributed by atoms with E-state index in [2.05, 4.69) is 37.3 Å². The van der Waals surface area contributed by atoms with Crippen LogP contribution in [0.5, 0.6) is 0 Å². The molecule has 0 radical (unpaired) electrons. The Bertz CT molecular complexity index is 342. The van der Waals surface area contributed by atoms with Gasteiger partial charge in [0.1, 0.15) is 0 Å². The van der Waals surface area contributed by atoms with E-state index in [1.165, 1.54) is 41.3 Å². The monoisotopic (exact) mass is 300 g/mol. The van der Waals surface area contributed by atoms with E-state index in [1.807, 2.05) is 29.3 Å². The fourth-order valence-electron chi connectivity index (χ4n) is 1.80. The van der Waals surface area contributed by atoms with Gasteiger partial charge < -0.3 is 5.32 Å². The van der Waals surface area contributed by atoms with Crippen LogP contribution in [0.4, 0.5) is 0 Å². The van der Waals surface area contributed by atoms with E-state index in [9.17, 15) is 0 Å². The van der Waals surface area contributed by atoms with Crippen molar-refractivity contribution in [3.8, 4) is 0 Å².